The molecule has 1 aliphatic heterocycles. The van der Waals surface area contributed by atoms with Gasteiger partial charge >= 0.3 is 0 Å². The summed E-state index contributed by atoms with van der Waals surface area (Å²) >= 11 is 0. The van der Waals surface area contributed by atoms with Crippen LogP contribution in [-0.4, -0.2) is 38.8 Å². The van der Waals surface area contributed by atoms with Crippen molar-refractivity contribution < 1.29 is 14.3 Å². The van der Waals surface area contributed by atoms with Gasteiger partial charge in [0, 0.05) is 13.1 Å². The first-order valence-electron chi connectivity index (χ1n) is 8.01. The zero-order valence-electron chi connectivity index (χ0n) is 13.8. The fraction of sp³-hybridized carbons (Fsp3) is 0.588. The van der Waals surface area contributed by atoms with Gasteiger partial charge in [0.15, 0.2) is 0 Å². The molecule has 2 rings (SSSR count). The van der Waals surface area contributed by atoms with Crippen LogP contribution < -0.4 is 15.4 Å². The van der Waals surface area contributed by atoms with Crippen molar-refractivity contribution in [3.8, 4) is 5.75 Å². The van der Waals surface area contributed by atoms with E-state index in [1.54, 1.807) is 7.11 Å². The highest BCUT2D eigenvalue weighted by molar-refractivity contribution is 5.85. The summed E-state index contributed by atoms with van der Waals surface area (Å²) in [6.45, 7) is 4.12. The summed E-state index contributed by atoms with van der Waals surface area (Å²) in [5.41, 5.74) is 1.10. The molecule has 0 bridgehead atoms. The lowest BCUT2D eigenvalue weighted by molar-refractivity contribution is -0.135. The normalized spacial score (nSPS) is 18.6. The van der Waals surface area contributed by atoms with Gasteiger partial charge in [-0.1, -0.05) is 31.9 Å². The molecule has 2 N–H and O–H groups in total. The first-order chi connectivity index (χ1) is 10.7. The van der Waals surface area contributed by atoms with Crippen LogP contribution in [-0.2, 0) is 9.53 Å². The van der Waals surface area contributed by atoms with Crippen molar-refractivity contribution >= 4 is 18.3 Å². The Bertz CT molecular complexity index is 461. The number of unbranched alkanes of at least 4 members (excludes halogenated alkanes) is 1. The molecule has 130 valence electrons. The van der Waals surface area contributed by atoms with E-state index in [2.05, 4.69) is 17.6 Å². The summed E-state index contributed by atoms with van der Waals surface area (Å²) in [6, 6.07) is 7.90. The van der Waals surface area contributed by atoms with E-state index in [0.717, 1.165) is 37.1 Å². The number of morpholine rings is 1. The number of carbonyl (C=O) groups excluding carboxylic acids is 1. The monoisotopic (exact) mass is 342 g/mol. The van der Waals surface area contributed by atoms with Gasteiger partial charge in [-0.25, -0.2) is 0 Å². The number of carbonyl (C=O) groups is 1. The molecule has 1 amide bonds. The number of ether oxygens (including phenoxy) is 2. The summed E-state index contributed by atoms with van der Waals surface area (Å²) in [7, 11) is 1.65. The SMILES string of the molecule is CCCCC(NC(=O)C1CNCCO1)c1ccc(OC)cc1.Cl. The van der Waals surface area contributed by atoms with Crippen molar-refractivity contribution in [3.05, 3.63) is 29.8 Å². The largest absolute Gasteiger partial charge is 0.497 e. The van der Waals surface area contributed by atoms with Crippen LogP contribution in [0.2, 0.25) is 0 Å². The molecule has 1 heterocycles. The maximum Gasteiger partial charge on any atom is 0.250 e. The van der Waals surface area contributed by atoms with Crippen molar-refractivity contribution in [1.29, 1.82) is 0 Å². The average Bonchev–Trinajstić information content (AvgIpc) is 2.59. The number of hydrogen-bond donors (Lipinski definition) is 2. The van der Waals surface area contributed by atoms with E-state index in [1.165, 1.54) is 0 Å². The Morgan fingerprint density at radius 2 is 2.17 bits per heavy atom. The minimum atomic E-state index is -0.392. The standard InChI is InChI=1S/C17H26N2O3.ClH/c1-3-4-5-15(13-6-8-14(21-2)9-7-13)19-17(20)16-12-18-10-11-22-16;/h6-9,15-16,18H,3-5,10-12H2,1-2H3,(H,19,20);1H. The molecule has 1 fully saturated rings. The Hall–Kier alpha value is -1.30. The van der Waals surface area contributed by atoms with Gasteiger partial charge in [0.2, 0.25) is 0 Å². The molecule has 23 heavy (non-hydrogen) atoms. The third-order valence-electron chi connectivity index (χ3n) is 3.90. The Morgan fingerprint density at radius 3 is 2.74 bits per heavy atom. The van der Waals surface area contributed by atoms with Crippen molar-refractivity contribution in [2.75, 3.05) is 26.8 Å². The number of rotatable bonds is 7. The third-order valence-corrected chi connectivity index (χ3v) is 3.90. The molecule has 0 spiro atoms. The van der Waals surface area contributed by atoms with Crippen molar-refractivity contribution in [2.24, 2.45) is 0 Å². The first-order valence-corrected chi connectivity index (χ1v) is 8.01. The molecule has 6 heteroatoms. The van der Waals surface area contributed by atoms with Gasteiger partial charge in [0.1, 0.15) is 11.9 Å². The molecule has 1 saturated heterocycles. The number of amides is 1. The van der Waals surface area contributed by atoms with E-state index in [0.29, 0.717) is 13.2 Å². The topological polar surface area (TPSA) is 59.6 Å². The molecule has 0 aromatic heterocycles. The fourth-order valence-electron chi connectivity index (χ4n) is 2.57. The average molecular weight is 343 g/mol. The van der Waals surface area contributed by atoms with Crippen LogP contribution in [0.25, 0.3) is 0 Å². The molecule has 2 atom stereocenters. The van der Waals surface area contributed by atoms with Gasteiger partial charge in [0.05, 0.1) is 19.8 Å². The summed E-state index contributed by atoms with van der Waals surface area (Å²) in [5, 5.41) is 6.32. The van der Waals surface area contributed by atoms with E-state index in [4.69, 9.17) is 9.47 Å². The van der Waals surface area contributed by atoms with Crippen LogP contribution in [0, 0.1) is 0 Å². The highest BCUT2D eigenvalue weighted by Gasteiger charge is 2.24. The van der Waals surface area contributed by atoms with Crippen LogP contribution in [0.3, 0.4) is 0 Å². The van der Waals surface area contributed by atoms with E-state index < -0.39 is 6.10 Å². The molecule has 0 saturated carbocycles. The number of methoxy groups -OCH3 is 1. The van der Waals surface area contributed by atoms with Crippen molar-refractivity contribution in [3.63, 3.8) is 0 Å². The second-order valence-corrected chi connectivity index (χ2v) is 5.54. The minimum absolute atomic E-state index is 0. The fourth-order valence-corrected chi connectivity index (χ4v) is 2.57. The second-order valence-electron chi connectivity index (χ2n) is 5.54. The summed E-state index contributed by atoms with van der Waals surface area (Å²) in [5.74, 6) is 0.785. The Balaban J connectivity index is 0.00000264. The predicted molar refractivity (Wildman–Crippen MR) is 93.3 cm³/mol. The van der Waals surface area contributed by atoms with Crippen LogP contribution in [0.5, 0.6) is 5.75 Å². The Kier molecular flexibility index (Phi) is 8.99. The smallest absolute Gasteiger partial charge is 0.250 e. The first kappa shape index (κ1) is 19.7. The number of halogens is 1. The van der Waals surface area contributed by atoms with Gasteiger partial charge < -0.3 is 20.1 Å². The van der Waals surface area contributed by atoms with E-state index >= 15 is 0 Å². The van der Waals surface area contributed by atoms with E-state index in [9.17, 15) is 4.79 Å². The predicted octanol–water partition coefficient (Wildman–Crippen LogP) is 2.45. The highest BCUT2D eigenvalue weighted by Crippen LogP contribution is 2.22. The molecule has 0 aliphatic carbocycles. The lowest BCUT2D eigenvalue weighted by Crippen LogP contribution is -2.48. The maximum atomic E-state index is 12.4. The quantitative estimate of drug-likeness (QED) is 0.799. The van der Waals surface area contributed by atoms with Gasteiger partial charge in [-0.2, -0.15) is 0 Å². The van der Waals surface area contributed by atoms with Gasteiger partial charge in [0.25, 0.3) is 5.91 Å². The third kappa shape index (κ3) is 6.01. The van der Waals surface area contributed by atoms with E-state index in [-0.39, 0.29) is 24.4 Å². The van der Waals surface area contributed by atoms with Crippen LogP contribution in [0.15, 0.2) is 24.3 Å². The van der Waals surface area contributed by atoms with Gasteiger partial charge in [-0.05, 0) is 24.1 Å². The summed E-state index contributed by atoms with van der Waals surface area (Å²) in [6.07, 6.45) is 2.70. The molecule has 2 unspecified atom stereocenters. The zero-order chi connectivity index (χ0) is 15.8. The highest BCUT2D eigenvalue weighted by atomic mass is 35.5. The second kappa shape index (κ2) is 10.5. The lowest BCUT2D eigenvalue weighted by atomic mass is 10.0. The Morgan fingerprint density at radius 1 is 1.43 bits per heavy atom. The Labute approximate surface area is 144 Å². The molecule has 1 aromatic rings. The molecule has 5 nitrogen and oxygen atoms in total. The van der Waals surface area contributed by atoms with Gasteiger partial charge in [-0.15, -0.1) is 12.4 Å². The molecule has 1 aliphatic rings. The summed E-state index contributed by atoms with van der Waals surface area (Å²) < 4.78 is 10.7. The van der Waals surface area contributed by atoms with Crippen LogP contribution in [0.4, 0.5) is 0 Å². The molecule has 0 radical (unpaired) electrons. The van der Waals surface area contributed by atoms with Gasteiger partial charge in [-0.3, -0.25) is 4.79 Å². The zero-order valence-corrected chi connectivity index (χ0v) is 14.7. The van der Waals surface area contributed by atoms with Crippen LogP contribution >= 0.6 is 12.4 Å². The number of nitrogens with one attached hydrogen (secondary N) is 2. The molecular formula is C17H27ClN2O3. The summed E-state index contributed by atoms with van der Waals surface area (Å²) in [4.78, 5) is 12.4. The number of benzene rings is 1. The molecule has 1 aromatic carbocycles. The molecular weight excluding hydrogens is 316 g/mol. The van der Waals surface area contributed by atoms with Crippen molar-refractivity contribution in [1.82, 2.24) is 10.6 Å². The van der Waals surface area contributed by atoms with E-state index in [1.807, 2.05) is 24.3 Å². The minimum Gasteiger partial charge on any atom is -0.497 e. The maximum absolute atomic E-state index is 12.4. The lowest BCUT2D eigenvalue weighted by Gasteiger charge is -2.26. The van der Waals surface area contributed by atoms with Crippen LogP contribution in [0.1, 0.15) is 37.8 Å². The number of hydrogen-bond acceptors (Lipinski definition) is 4. The van der Waals surface area contributed by atoms with Crippen molar-refractivity contribution in [2.45, 2.75) is 38.3 Å².